The molecule has 1 saturated carbocycles. The minimum Gasteiger partial charge on any atom is -0.349 e. The standard InChI is InChI=1S/C15H18ClFN2O/c16-11-3-1-4-12(17)13(11)14(20)19-10-5-8-18-15(9-10)6-2-7-15/h1,3-4,10,18H,2,5-9H2,(H,19,20). The molecule has 3 rings (SSSR count). The molecule has 1 aromatic carbocycles. The second kappa shape index (κ2) is 5.34. The number of carbonyl (C=O) groups excluding carboxylic acids is 1. The van der Waals surface area contributed by atoms with Crippen LogP contribution in [0, 0.1) is 5.82 Å². The van der Waals surface area contributed by atoms with Gasteiger partial charge in [0, 0.05) is 11.6 Å². The lowest BCUT2D eigenvalue weighted by Crippen LogP contribution is -2.59. The maximum Gasteiger partial charge on any atom is 0.255 e. The van der Waals surface area contributed by atoms with Crippen LogP contribution < -0.4 is 10.6 Å². The number of hydrogen-bond acceptors (Lipinski definition) is 2. The largest absolute Gasteiger partial charge is 0.349 e. The predicted molar refractivity (Wildman–Crippen MR) is 76.5 cm³/mol. The van der Waals surface area contributed by atoms with Gasteiger partial charge in [-0.1, -0.05) is 17.7 Å². The average molecular weight is 297 g/mol. The molecule has 5 heteroatoms. The molecule has 2 fully saturated rings. The molecule has 20 heavy (non-hydrogen) atoms. The number of halogens is 2. The van der Waals surface area contributed by atoms with Crippen LogP contribution in [0.1, 0.15) is 42.5 Å². The fourth-order valence-corrected chi connectivity index (χ4v) is 3.49. The van der Waals surface area contributed by atoms with E-state index in [0.29, 0.717) is 0 Å². The smallest absolute Gasteiger partial charge is 0.255 e. The van der Waals surface area contributed by atoms with Crippen molar-refractivity contribution >= 4 is 17.5 Å². The van der Waals surface area contributed by atoms with E-state index in [4.69, 9.17) is 11.6 Å². The normalized spacial score (nSPS) is 24.2. The number of piperidine rings is 1. The van der Waals surface area contributed by atoms with E-state index in [2.05, 4.69) is 10.6 Å². The van der Waals surface area contributed by atoms with E-state index in [-0.39, 0.29) is 22.2 Å². The Hall–Kier alpha value is -1.13. The van der Waals surface area contributed by atoms with Crippen molar-refractivity contribution in [2.45, 2.75) is 43.7 Å². The van der Waals surface area contributed by atoms with Crippen LogP contribution in [0.5, 0.6) is 0 Å². The first kappa shape index (κ1) is 13.8. The monoisotopic (exact) mass is 296 g/mol. The van der Waals surface area contributed by atoms with Gasteiger partial charge in [0.1, 0.15) is 5.82 Å². The Morgan fingerprint density at radius 2 is 2.25 bits per heavy atom. The highest BCUT2D eigenvalue weighted by atomic mass is 35.5. The first-order valence-electron chi connectivity index (χ1n) is 7.10. The average Bonchev–Trinajstić information content (AvgIpc) is 2.37. The van der Waals surface area contributed by atoms with Crippen LogP contribution in [0.4, 0.5) is 4.39 Å². The fraction of sp³-hybridized carbons (Fsp3) is 0.533. The molecule has 1 spiro atoms. The molecule has 1 saturated heterocycles. The van der Waals surface area contributed by atoms with Crippen LogP contribution in [0.25, 0.3) is 0 Å². The third kappa shape index (κ3) is 2.54. The van der Waals surface area contributed by atoms with Crippen molar-refractivity contribution in [3.8, 4) is 0 Å². The van der Waals surface area contributed by atoms with E-state index in [1.807, 2.05) is 0 Å². The highest BCUT2D eigenvalue weighted by Crippen LogP contribution is 2.38. The molecule has 1 amide bonds. The Morgan fingerprint density at radius 1 is 1.45 bits per heavy atom. The maximum atomic E-state index is 13.7. The first-order valence-corrected chi connectivity index (χ1v) is 7.47. The van der Waals surface area contributed by atoms with Crippen molar-refractivity contribution in [3.63, 3.8) is 0 Å². The van der Waals surface area contributed by atoms with Gasteiger partial charge in [-0.15, -0.1) is 0 Å². The minimum absolute atomic E-state index is 0.0460. The van der Waals surface area contributed by atoms with Gasteiger partial charge < -0.3 is 10.6 Å². The number of hydrogen-bond donors (Lipinski definition) is 2. The second-order valence-corrected chi connectivity index (χ2v) is 6.23. The first-order chi connectivity index (χ1) is 9.60. The summed E-state index contributed by atoms with van der Waals surface area (Å²) in [4.78, 5) is 12.2. The SMILES string of the molecule is O=C(NC1CCNC2(CCC2)C1)c1c(F)cccc1Cl. The van der Waals surface area contributed by atoms with Gasteiger partial charge >= 0.3 is 0 Å². The van der Waals surface area contributed by atoms with E-state index in [1.54, 1.807) is 0 Å². The molecule has 1 atom stereocenters. The molecule has 0 aromatic heterocycles. The minimum atomic E-state index is -0.567. The molecule has 1 heterocycles. The highest BCUT2D eigenvalue weighted by molar-refractivity contribution is 6.33. The molecule has 0 radical (unpaired) electrons. The topological polar surface area (TPSA) is 41.1 Å². The van der Waals surface area contributed by atoms with Crippen LogP contribution in [0.2, 0.25) is 5.02 Å². The van der Waals surface area contributed by atoms with Gasteiger partial charge in [0.2, 0.25) is 0 Å². The van der Waals surface area contributed by atoms with Crippen molar-refractivity contribution < 1.29 is 9.18 Å². The van der Waals surface area contributed by atoms with E-state index >= 15 is 0 Å². The Labute approximate surface area is 122 Å². The third-order valence-electron chi connectivity index (χ3n) is 4.47. The van der Waals surface area contributed by atoms with Gasteiger partial charge in [-0.05, 0) is 50.8 Å². The number of carbonyl (C=O) groups is 1. The van der Waals surface area contributed by atoms with Gasteiger partial charge in [-0.25, -0.2) is 4.39 Å². The third-order valence-corrected chi connectivity index (χ3v) is 4.78. The quantitative estimate of drug-likeness (QED) is 0.881. The van der Waals surface area contributed by atoms with Crippen LogP contribution in [-0.2, 0) is 0 Å². The lowest BCUT2D eigenvalue weighted by atomic mass is 9.70. The summed E-state index contributed by atoms with van der Waals surface area (Å²) in [5.41, 5.74) is 0.158. The van der Waals surface area contributed by atoms with Gasteiger partial charge in [0.05, 0.1) is 10.6 Å². The van der Waals surface area contributed by atoms with Crippen molar-refractivity contribution in [1.82, 2.24) is 10.6 Å². The number of benzene rings is 1. The second-order valence-electron chi connectivity index (χ2n) is 5.82. The number of amides is 1. The number of rotatable bonds is 2. The Bertz CT molecular complexity index is 510. The molecule has 0 bridgehead atoms. The fourth-order valence-electron chi connectivity index (χ4n) is 3.24. The summed E-state index contributed by atoms with van der Waals surface area (Å²) >= 11 is 5.92. The maximum absolute atomic E-state index is 13.7. The van der Waals surface area contributed by atoms with Crippen LogP contribution in [0.3, 0.4) is 0 Å². The Kier molecular flexibility index (Phi) is 3.69. The van der Waals surface area contributed by atoms with E-state index in [9.17, 15) is 9.18 Å². The Morgan fingerprint density at radius 3 is 2.90 bits per heavy atom. The van der Waals surface area contributed by atoms with Gasteiger partial charge in [0.25, 0.3) is 5.91 Å². The van der Waals surface area contributed by atoms with Crippen molar-refractivity contribution in [3.05, 3.63) is 34.6 Å². The summed E-state index contributed by atoms with van der Waals surface area (Å²) in [7, 11) is 0. The van der Waals surface area contributed by atoms with Crippen molar-refractivity contribution in [2.24, 2.45) is 0 Å². The van der Waals surface area contributed by atoms with Gasteiger partial charge in [-0.2, -0.15) is 0 Å². The lowest BCUT2D eigenvalue weighted by molar-refractivity contribution is 0.0849. The molecular weight excluding hydrogens is 279 g/mol. The molecule has 2 aliphatic rings. The van der Waals surface area contributed by atoms with Crippen LogP contribution in [-0.4, -0.2) is 24.0 Å². The van der Waals surface area contributed by atoms with Crippen molar-refractivity contribution in [1.29, 1.82) is 0 Å². The summed E-state index contributed by atoms with van der Waals surface area (Å²) in [6.07, 6.45) is 5.37. The zero-order valence-electron chi connectivity index (χ0n) is 11.2. The summed E-state index contributed by atoms with van der Waals surface area (Å²) in [5, 5.41) is 6.64. The predicted octanol–water partition coefficient (Wildman–Crippen LogP) is 2.88. The molecule has 1 aromatic rings. The molecule has 1 aliphatic carbocycles. The molecular formula is C15H18ClFN2O. The number of nitrogens with one attached hydrogen (secondary N) is 2. The van der Waals surface area contributed by atoms with Gasteiger partial charge in [0.15, 0.2) is 0 Å². The zero-order valence-corrected chi connectivity index (χ0v) is 12.0. The highest BCUT2D eigenvalue weighted by Gasteiger charge is 2.41. The van der Waals surface area contributed by atoms with Crippen molar-refractivity contribution in [2.75, 3.05) is 6.54 Å². The van der Waals surface area contributed by atoms with E-state index < -0.39 is 11.7 Å². The molecule has 2 N–H and O–H groups in total. The van der Waals surface area contributed by atoms with Crippen LogP contribution >= 0.6 is 11.6 Å². The summed E-state index contributed by atoms with van der Waals surface area (Å²) in [6, 6.07) is 4.40. The van der Waals surface area contributed by atoms with E-state index in [0.717, 1.165) is 19.4 Å². The van der Waals surface area contributed by atoms with Crippen LogP contribution in [0.15, 0.2) is 18.2 Å². The van der Waals surface area contributed by atoms with Gasteiger partial charge in [-0.3, -0.25) is 4.79 Å². The summed E-state index contributed by atoms with van der Waals surface area (Å²) < 4.78 is 13.7. The lowest BCUT2D eigenvalue weighted by Gasteiger charge is -2.48. The molecule has 1 unspecified atom stereocenters. The Balaban J connectivity index is 1.69. The summed E-state index contributed by atoms with van der Waals surface area (Å²) in [6.45, 7) is 0.899. The van der Waals surface area contributed by atoms with E-state index in [1.165, 1.54) is 37.5 Å². The molecule has 108 valence electrons. The zero-order chi connectivity index (χ0) is 14.2. The molecule has 3 nitrogen and oxygen atoms in total. The molecule has 1 aliphatic heterocycles. The summed E-state index contributed by atoms with van der Waals surface area (Å²) in [5.74, 6) is -0.975.